The highest BCUT2D eigenvalue weighted by Crippen LogP contribution is 2.43. The molecule has 2 aromatic rings. The Balaban J connectivity index is 2.02. The third-order valence-electron chi connectivity index (χ3n) is 4.94. The Labute approximate surface area is 153 Å². The lowest BCUT2D eigenvalue weighted by Crippen LogP contribution is -2.45. The van der Waals surface area contributed by atoms with Crippen molar-refractivity contribution in [2.24, 2.45) is 0 Å². The molecule has 0 unspecified atom stereocenters. The fourth-order valence-electron chi connectivity index (χ4n) is 3.50. The molecule has 8 heteroatoms. The van der Waals surface area contributed by atoms with Crippen molar-refractivity contribution in [2.45, 2.75) is 4.90 Å². The first-order valence-corrected chi connectivity index (χ1v) is 9.26. The fourth-order valence-corrected chi connectivity index (χ4v) is 4.66. The van der Waals surface area contributed by atoms with Gasteiger partial charge < -0.3 is 19.5 Å². The standard InChI is InChI=1S/C18H18FN3O3S/c1-10-9-26-17-14-11(16(23)12(18(24)25)8-22(10)14)7-13(19)15(17)21-5-3-20(2)4-6-21/h7-8H,1,3-6,9H2,2H3,(H,24,25). The summed E-state index contributed by atoms with van der Waals surface area (Å²) in [4.78, 5) is 28.9. The smallest absolute Gasteiger partial charge is 0.341 e. The number of aromatic carboxylic acids is 1. The van der Waals surface area contributed by atoms with E-state index in [9.17, 15) is 14.7 Å². The van der Waals surface area contributed by atoms with Crippen LogP contribution >= 0.6 is 11.8 Å². The van der Waals surface area contributed by atoms with Gasteiger partial charge in [0.25, 0.3) is 0 Å². The number of halogens is 1. The monoisotopic (exact) mass is 375 g/mol. The van der Waals surface area contributed by atoms with Crippen molar-refractivity contribution >= 4 is 40.0 Å². The summed E-state index contributed by atoms with van der Waals surface area (Å²) >= 11 is 1.45. The number of thioether (sulfide) groups is 1. The van der Waals surface area contributed by atoms with Crippen LogP contribution in [0.25, 0.3) is 16.6 Å². The molecule has 6 nitrogen and oxygen atoms in total. The van der Waals surface area contributed by atoms with Gasteiger partial charge in [0.15, 0.2) is 0 Å². The molecule has 1 saturated heterocycles. The highest BCUT2D eigenvalue weighted by molar-refractivity contribution is 8.00. The molecule has 0 spiro atoms. The molecule has 1 N–H and O–H groups in total. The molecule has 3 heterocycles. The summed E-state index contributed by atoms with van der Waals surface area (Å²) in [6.45, 7) is 7.04. The van der Waals surface area contributed by atoms with Gasteiger partial charge in [-0.2, -0.15) is 0 Å². The minimum absolute atomic E-state index is 0.0867. The van der Waals surface area contributed by atoms with Crippen molar-refractivity contribution in [3.8, 4) is 0 Å². The van der Waals surface area contributed by atoms with Gasteiger partial charge in [-0.25, -0.2) is 9.18 Å². The Bertz CT molecular complexity index is 1010. The maximum absolute atomic E-state index is 15.0. The van der Waals surface area contributed by atoms with Crippen molar-refractivity contribution in [3.05, 3.63) is 40.4 Å². The maximum Gasteiger partial charge on any atom is 0.341 e. The van der Waals surface area contributed by atoms with Crippen LogP contribution < -0.4 is 10.3 Å². The zero-order valence-electron chi connectivity index (χ0n) is 14.3. The van der Waals surface area contributed by atoms with Crippen LogP contribution in [0, 0.1) is 5.82 Å². The van der Waals surface area contributed by atoms with Crippen molar-refractivity contribution in [2.75, 3.05) is 43.9 Å². The van der Waals surface area contributed by atoms with Crippen molar-refractivity contribution in [1.82, 2.24) is 9.47 Å². The quantitative estimate of drug-likeness (QED) is 0.868. The van der Waals surface area contributed by atoms with Crippen LogP contribution in [0.4, 0.5) is 10.1 Å². The summed E-state index contributed by atoms with van der Waals surface area (Å²) in [5.41, 5.74) is 0.689. The van der Waals surface area contributed by atoms with Crippen LogP contribution in [-0.2, 0) is 0 Å². The van der Waals surface area contributed by atoms with E-state index in [1.807, 2.05) is 11.9 Å². The molecule has 1 aromatic heterocycles. The fraction of sp³-hybridized carbons (Fsp3) is 0.333. The SMILES string of the molecule is C=C1CSc2c(N3CCN(C)CC3)c(F)cc3c(=O)c(C(=O)O)cn1c23. The normalized spacial score (nSPS) is 17.8. The highest BCUT2D eigenvalue weighted by atomic mass is 32.2. The first-order chi connectivity index (χ1) is 12.4. The summed E-state index contributed by atoms with van der Waals surface area (Å²) in [6.07, 6.45) is 1.31. The second-order valence-electron chi connectivity index (χ2n) is 6.62. The zero-order valence-corrected chi connectivity index (χ0v) is 15.1. The Morgan fingerprint density at radius 2 is 2.00 bits per heavy atom. The average Bonchev–Trinajstić information content (AvgIpc) is 2.60. The molecular formula is C18H18FN3O3S. The number of hydrogen-bond donors (Lipinski definition) is 1. The number of anilines is 1. The van der Waals surface area contributed by atoms with Crippen molar-refractivity contribution < 1.29 is 14.3 Å². The van der Waals surface area contributed by atoms with Gasteiger partial charge in [0.05, 0.1) is 21.5 Å². The number of pyridine rings is 1. The third kappa shape index (κ3) is 2.52. The molecule has 2 aliphatic heterocycles. The predicted octanol–water partition coefficient (Wildman–Crippen LogP) is 2.17. The molecular weight excluding hydrogens is 357 g/mol. The summed E-state index contributed by atoms with van der Waals surface area (Å²) in [6, 6.07) is 1.18. The number of carbonyl (C=O) groups is 1. The molecule has 2 aliphatic rings. The van der Waals surface area contributed by atoms with Crippen LogP contribution in [0.2, 0.25) is 0 Å². The number of carboxylic acid groups (broad SMARTS) is 1. The van der Waals surface area contributed by atoms with E-state index in [1.165, 1.54) is 24.0 Å². The molecule has 1 fully saturated rings. The minimum Gasteiger partial charge on any atom is -0.477 e. The molecule has 26 heavy (non-hydrogen) atoms. The van der Waals surface area contributed by atoms with E-state index in [0.29, 0.717) is 40.6 Å². The molecule has 4 rings (SSSR count). The molecule has 0 saturated carbocycles. The number of aromatic nitrogens is 1. The first-order valence-electron chi connectivity index (χ1n) is 8.28. The van der Waals surface area contributed by atoms with E-state index in [4.69, 9.17) is 0 Å². The largest absolute Gasteiger partial charge is 0.477 e. The zero-order chi connectivity index (χ0) is 18.6. The molecule has 0 atom stereocenters. The number of likely N-dealkylation sites (N-methyl/N-ethyl adjacent to an activating group) is 1. The van der Waals surface area contributed by atoms with Gasteiger partial charge in [-0.05, 0) is 13.1 Å². The summed E-state index contributed by atoms with van der Waals surface area (Å²) in [5, 5.41) is 9.40. The number of hydrogen-bond acceptors (Lipinski definition) is 5. The molecule has 0 amide bonds. The summed E-state index contributed by atoms with van der Waals surface area (Å²) in [7, 11) is 2.03. The van der Waals surface area contributed by atoms with Gasteiger partial charge in [0.2, 0.25) is 5.43 Å². The van der Waals surface area contributed by atoms with Gasteiger partial charge in [-0.1, -0.05) is 6.58 Å². The lowest BCUT2D eigenvalue weighted by molar-refractivity contribution is 0.0695. The Kier molecular flexibility index (Phi) is 4.04. The average molecular weight is 375 g/mol. The second kappa shape index (κ2) is 6.14. The number of piperazine rings is 1. The molecule has 1 aromatic carbocycles. The second-order valence-corrected chi connectivity index (χ2v) is 7.61. The Morgan fingerprint density at radius 1 is 1.31 bits per heavy atom. The van der Waals surface area contributed by atoms with Crippen molar-refractivity contribution in [1.29, 1.82) is 0 Å². The number of carboxylic acids is 1. The van der Waals surface area contributed by atoms with Gasteiger partial charge in [-0.3, -0.25) is 4.79 Å². The van der Waals surface area contributed by atoms with Crippen LogP contribution in [-0.4, -0.2) is 59.5 Å². The van der Waals surface area contributed by atoms with Gasteiger partial charge in [-0.15, -0.1) is 11.8 Å². The Morgan fingerprint density at radius 3 is 2.65 bits per heavy atom. The highest BCUT2D eigenvalue weighted by Gasteiger charge is 2.29. The van der Waals surface area contributed by atoms with Crippen LogP contribution in [0.1, 0.15) is 10.4 Å². The van der Waals surface area contributed by atoms with Gasteiger partial charge in [0.1, 0.15) is 11.4 Å². The van der Waals surface area contributed by atoms with Gasteiger partial charge >= 0.3 is 5.97 Å². The number of rotatable bonds is 2. The number of nitrogens with zero attached hydrogens (tertiary/aromatic N) is 3. The van der Waals surface area contributed by atoms with E-state index < -0.39 is 17.2 Å². The molecule has 0 bridgehead atoms. The molecule has 0 aliphatic carbocycles. The van der Waals surface area contributed by atoms with E-state index in [1.54, 1.807) is 4.57 Å². The summed E-state index contributed by atoms with van der Waals surface area (Å²) < 4.78 is 16.7. The van der Waals surface area contributed by atoms with Crippen LogP contribution in [0.3, 0.4) is 0 Å². The van der Waals surface area contributed by atoms with Crippen molar-refractivity contribution in [3.63, 3.8) is 0 Å². The maximum atomic E-state index is 15.0. The van der Waals surface area contributed by atoms with Crippen LogP contribution in [0.5, 0.6) is 0 Å². The lowest BCUT2D eigenvalue weighted by atomic mass is 10.1. The third-order valence-corrected chi connectivity index (χ3v) is 6.10. The van der Waals surface area contributed by atoms with Crippen LogP contribution in [0.15, 0.2) is 28.5 Å². The topological polar surface area (TPSA) is 65.8 Å². The predicted molar refractivity (Wildman–Crippen MR) is 101 cm³/mol. The number of benzene rings is 1. The van der Waals surface area contributed by atoms with E-state index >= 15 is 4.39 Å². The van der Waals surface area contributed by atoms with E-state index in [2.05, 4.69) is 11.5 Å². The minimum atomic E-state index is -1.32. The first kappa shape index (κ1) is 17.1. The van der Waals surface area contributed by atoms with E-state index in [-0.39, 0.29) is 10.9 Å². The van der Waals surface area contributed by atoms with Gasteiger partial charge in [0, 0.05) is 43.8 Å². The lowest BCUT2D eigenvalue weighted by Gasteiger charge is -2.36. The summed E-state index contributed by atoms with van der Waals surface area (Å²) in [5.74, 6) is -1.30. The Hall–Kier alpha value is -2.32. The molecule has 0 radical (unpaired) electrons. The molecule has 136 valence electrons. The van der Waals surface area contributed by atoms with E-state index in [0.717, 1.165) is 13.1 Å².